The Morgan fingerprint density at radius 1 is 0.962 bits per heavy atom. The largest absolute Gasteiger partial charge is 0.493 e. The van der Waals surface area contributed by atoms with E-state index in [1.54, 1.807) is 24.3 Å². The fraction of sp³-hybridized carbons (Fsp3) is 0.278. The second-order valence-corrected chi connectivity index (χ2v) is 5.54. The lowest BCUT2D eigenvalue weighted by Crippen LogP contribution is -2.17. The van der Waals surface area contributed by atoms with Crippen LogP contribution in [0, 0.1) is 0 Å². The molecule has 2 heterocycles. The number of methoxy groups -OCH3 is 2. The number of carbonyl (C=O) groups is 1. The molecule has 0 unspecified atom stereocenters. The van der Waals surface area contributed by atoms with Crippen LogP contribution in [0.15, 0.2) is 24.3 Å². The van der Waals surface area contributed by atoms with Gasteiger partial charge in [0.2, 0.25) is 18.3 Å². The topological polar surface area (TPSA) is 84.5 Å². The molecule has 26 heavy (non-hydrogen) atoms. The normalized spacial score (nSPS) is 13.9. The Morgan fingerprint density at radius 3 is 2.50 bits per heavy atom. The standard InChI is InChI=1S/C18H17NO7/c1-21-14-8-11(15(22-2)17-16(14)25-9-26-17)18(20)19-10-3-4-12-13(7-10)24-6-5-23-12/h3-4,7-8H,5-6,9H2,1-2H3,(H,19,20). The minimum Gasteiger partial charge on any atom is -0.493 e. The molecule has 0 spiro atoms. The average molecular weight is 359 g/mol. The van der Waals surface area contributed by atoms with Gasteiger partial charge in [-0.25, -0.2) is 0 Å². The highest BCUT2D eigenvalue weighted by molar-refractivity contribution is 6.07. The van der Waals surface area contributed by atoms with Crippen LogP contribution in [0.4, 0.5) is 5.69 Å². The average Bonchev–Trinajstić information content (AvgIpc) is 3.16. The summed E-state index contributed by atoms with van der Waals surface area (Å²) in [6, 6.07) is 6.76. The van der Waals surface area contributed by atoms with Gasteiger partial charge in [0.1, 0.15) is 13.2 Å². The molecular weight excluding hydrogens is 342 g/mol. The number of amides is 1. The maximum absolute atomic E-state index is 12.8. The van der Waals surface area contributed by atoms with E-state index in [1.807, 2.05) is 0 Å². The third-order valence-corrected chi connectivity index (χ3v) is 4.03. The number of hydrogen-bond acceptors (Lipinski definition) is 7. The number of carbonyl (C=O) groups excluding carboxylic acids is 1. The van der Waals surface area contributed by atoms with Crippen LogP contribution in [-0.4, -0.2) is 40.1 Å². The van der Waals surface area contributed by atoms with Crippen molar-refractivity contribution in [1.29, 1.82) is 0 Å². The van der Waals surface area contributed by atoms with E-state index < -0.39 is 0 Å². The Kier molecular flexibility index (Phi) is 4.08. The molecular formula is C18H17NO7. The first kappa shape index (κ1) is 16.2. The molecule has 0 bridgehead atoms. The Morgan fingerprint density at radius 2 is 1.73 bits per heavy atom. The van der Waals surface area contributed by atoms with Gasteiger partial charge < -0.3 is 33.7 Å². The van der Waals surface area contributed by atoms with Crippen LogP contribution in [-0.2, 0) is 0 Å². The fourth-order valence-corrected chi connectivity index (χ4v) is 2.86. The first-order chi connectivity index (χ1) is 12.7. The zero-order chi connectivity index (χ0) is 18.1. The third-order valence-electron chi connectivity index (χ3n) is 4.03. The van der Waals surface area contributed by atoms with Crippen molar-refractivity contribution in [2.45, 2.75) is 0 Å². The molecule has 8 nitrogen and oxygen atoms in total. The molecule has 1 amide bonds. The van der Waals surface area contributed by atoms with Crippen LogP contribution in [0.1, 0.15) is 10.4 Å². The number of rotatable bonds is 4. The quantitative estimate of drug-likeness (QED) is 0.897. The predicted octanol–water partition coefficient (Wildman–Crippen LogP) is 2.46. The van der Waals surface area contributed by atoms with E-state index in [9.17, 15) is 4.79 Å². The van der Waals surface area contributed by atoms with Crippen molar-refractivity contribution in [3.63, 3.8) is 0 Å². The monoisotopic (exact) mass is 359 g/mol. The van der Waals surface area contributed by atoms with E-state index in [-0.39, 0.29) is 24.0 Å². The lowest BCUT2D eigenvalue weighted by molar-refractivity contribution is 0.102. The van der Waals surface area contributed by atoms with E-state index in [2.05, 4.69) is 5.32 Å². The maximum Gasteiger partial charge on any atom is 0.259 e. The second-order valence-electron chi connectivity index (χ2n) is 5.54. The maximum atomic E-state index is 12.8. The van der Waals surface area contributed by atoms with Crippen molar-refractivity contribution in [2.75, 3.05) is 39.5 Å². The molecule has 0 atom stereocenters. The minimum atomic E-state index is -0.380. The van der Waals surface area contributed by atoms with Gasteiger partial charge in [-0.05, 0) is 12.1 Å². The van der Waals surface area contributed by atoms with Crippen molar-refractivity contribution in [3.05, 3.63) is 29.8 Å². The lowest BCUT2D eigenvalue weighted by atomic mass is 10.1. The highest BCUT2D eigenvalue weighted by Gasteiger charge is 2.29. The van der Waals surface area contributed by atoms with Crippen LogP contribution in [0.2, 0.25) is 0 Å². The van der Waals surface area contributed by atoms with E-state index in [0.29, 0.717) is 47.6 Å². The molecule has 0 saturated carbocycles. The molecule has 8 heteroatoms. The first-order valence-electron chi connectivity index (χ1n) is 7.97. The Balaban J connectivity index is 1.66. The highest BCUT2D eigenvalue weighted by atomic mass is 16.7. The van der Waals surface area contributed by atoms with Crippen LogP contribution in [0.25, 0.3) is 0 Å². The van der Waals surface area contributed by atoms with Gasteiger partial charge >= 0.3 is 0 Å². The summed E-state index contributed by atoms with van der Waals surface area (Å²) < 4.78 is 32.5. The van der Waals surface area contributed by atoms with Crippen LogP contribution >= 0.6 is 0 Å². The van der Waals surface area contributed by atoms with Gasteiger partial charge in [0.25, 0.3) is 5.91 Å². The van der Waals surface area contributed by atoms with Crippen LogP contribution in [0.5, 0.6) is 34.5 Å². The minimum absolute atomic E-state index is 0.0370. The SMILES string of the molecule is COc1cc(C(=O)Nc2ccc3c(c2)OCCO3)c(OC)c2c1OCO2. The lowest BCUT2D eigenvalue weighted by Gasteiger charge is -2.19. The molecule has 2 aliphatic heterocycles. The summed E-state index contributed by atoms with van der Waals surface area (Å²) in [4.78, 5) is 12.8. The summed E-state index contributed by atoms with van der Waals surface area (Å²) in [5.74, 6) is 2.30. The second kappa shape index (κ2) is 6.55. The Hall–Kier alpha value is -3.29. The Bertz CT molecular complexity index is 865. The van der Waals surface area contributed by atoms with Gasteiger partial charge in [-0.3, -0.25) is 4.79 Å². The van der Waals surface area contributed by atoms with E-state index in [1.165, 1.54) is 14.2 Å². The number of hydrogen-bond donors (Lipinski definition) is 1. The smallest absolute Gasteiger partial charge is 0.259 e. The highest BCUT2D eigenvalue weighted by Crippen LogP contribution is 2.49. The van der Waals surface area contributed by atoms with Crippen molar-refractivity contribution < 1.29 is 33.2 Å². The molecule has 2 aliphatic rings. The summed E-state index contributed by atoms with van der Waals surface area (Å²) in [6.45, 7) is 1.01. The molecule has 0 aliphatic carbocycles. The van der Waals surface area contributed by atoms with Crippen molar-refractivity contribution in [2.24, 2.45) is 0 Å². The number of ether oxygens (including phenoxy) is 6. The van der Waals surface area contributed by atoms with E-state index in [4.69, 9.17) is 28.4 Å². The molecule has 1 N–H and O–H groups in total. The third kappa shape index (κ3) is 2.69. The molecule has 2 aromatic rings. The zero-order valence-electron chi connectivity index (χ0n) is 14.3. The summed E-state index contributed by atoms with van der Waals surface area (Å²) in [6.07, 6.45) is 0. The van der Waals surface area contributed by atoms with Crippen LogP contribution < -0.4 is 33.7 Å². The molecule has 0 radical (unpaired) electrons. The Labute approximate surface area is 149 Å². The summed E-state index contributed by atoms with van der Waals surface area (Å²) >= 11 is 0. The predicted molar refractivity (Wildman–Crippen MR) is 91.1 cm³/mol. The summed E-state index contributed by atoms with van der Waals surface area (Å²) in [5.41, 5.74) is 0.835. The zero-order valence-corrected chi connectivity index (χ0v) is 14.3. The van der Waals surface area contributed by atoms with Gasteiger partial charge in [0, 0.05) is 17.8 Å². The van der Waals surface area contributed by atoms with Gasteiger partial charge in [-0.2, -0.15) is 0 Å². The van der Waals surface area contributed by atoms with Crippen LogP contribution in [0.3, 0.4) is 0 Å². The summed E-state index contributed by atoms with van der Waals surface area (Å²) in [5, 5.41) is 2.82. The van der Waals surface area contributed by atoms with Gasteiger partial charge in [0.05, 0.1) is 19.8 Å². The summed E-state index contributed by atoms with van der Waals surface area (Å²) in [7, 11) is 2.96. The first-order valence-corrected chi connectivity index (χ1v) is 7.97. The fourth-order valence-electron chi connectivity index (χ4n) is 2.86. The van der Waals surface area contributed by atoms with Crippen molar-refractivity contribution in [3.8, 4) is 34.5 Å². The molecule has 0 fully saturated rings. The number of anilines is 1. The van der Waals surface area contributed by atoms with E-state index >= 15 is 0 Å². The molecule has 4 rings (SSSR count). The van der Waals surface area contributed by atoms with Gasteiger partial charge in [-0.1, -0.05) is 0 Å². The van der Waals surface area contributed by atoms with Crippen molar-refractivity contribution >= 4 is 11.6 Å². The molecule has 2 aromatic carbocycles. The molecule has 0 aromatic heterocycles. The molecule has 0 saturated heterocycles. The van der Waals surface area contributed by atoms with Gasteiger partial charge in [0.15, 0.2) is 23.0 Å². The van der Waals surface area contributed by atoms with Gasteiger partial charge in [-0.15, -0.1) is 0 Å². The van der Waals surface area contributed by atoms with Crippen molar-refractivity contribution in [1.82, 2.24) is 0 Å². The van der Waals surface area contributed by atoms with E-state index in [0.717, 1.165) is 0 Å². The number of fused-ring (bicyclic) bond motifs is 2. The number of nitrogens with one attached hydrogen (secondary N) is 1. The number of benzene rings is 2. The molecule has 136 valence electrons.